The number of rotatable bonds is 7. The molecule has 0 radical (unpaired) electrons. The largest absolute Gasteiger partial charge is 0.504 e. The second-order valence-electron chi connectivity index (χ2n) is 6.35. The molecule has 0 saturated carbocycles. The summed E-state index contributed by atoms with van der Waals surface area (Å²) in [5, 5.41) is 29.5. The van der Waals surface area contributed by atoms with Gasteiger partial charge in [-0.3, -0.25) is 4.79 Å². The Labute approximate surface area is 151 Å². The summed E-state index contributed by atoms with van der Waals surface area (Å²) in [6, 6.07) is 4.90. The van der Waals surface area contributed by atoms with Crippen molar-refractivity contribution in [2.45, 2.75) is 19.3 Å². The predicted octanol–water partition coefficient (Wildman–Crippen LogP) is 2.21. The molecule has 0 aliphatic heterocycles. The Morgan fingerprint density at radius 3 is 2.46 bits per heavy atom. The molecule has 0 atom stereocenters. The molecule has 0 spiro atoms. The van der Waals surface area contributed by atoms with Crippen LogP contribution in [0, 0.1) is 0 Å². The molecule has 26 heavy (non-hydrogen) atoms. The van der Waals surface area contributed by atoms with Crippen LogP contribution in [0.25, 0.3) is 10.8 Å². The lowest BCUT2D eigenvalue weighted by molar-refractivity contribution is 0.0497. The molecule has 3 N–H and O–H groups in total. The summed E-state index contributed by atoms with van der Waals surface area (Å²) >= 11 is 0. The lowest BCUT2D eigenvalue weighted by Gasteiger charge is -2.08. The van der Waals surface area contributed by atoms with Crippen LogP contribution in [-0.2, 0) is 4.74 Å². The van der Waals surface area contributed by atoms with Crippen LogP contribution in [0.4, 0.5) is 0 Å². The van der Waals surface area contributed by atoms with Crippen LogP contribution < -0.4 is 5.43 Å². The molecule has 0 aliphatic rings. The van der Waals surface area contributed by atoms with E-state index < -0.39 is 28.6 Å². The summed E-state index contributed by atoms with van der Waals surface area (Å²) in [4.78, 5) is 26.3. The fraction of sp³-hybridized carbons (Fsp3) is 0.368. The summed E-state index contributed by atoms with van der Waals surface area (Å²) in [7, 11) is 3.99. The van der Waals surface area contributed by atoms with Crippen molar-refractivity contribution in [1.29, 1.82) is 0 Å². The van der Waals surface area contributed by atoms with Gasteiger partial charge in [0.1, 0.15) is 0 Å². The number of phenolic OH excluding ortho intramolecular Hbond substituents is 2. The van der Waals surface area contributed by atoms with Crippen molar-refractivity contribution in [3.05, 3.63) is 40.1 Å². The first-order valence-electron chi connectivity index (χ1n) is 8.35. The standard InChI is InChI=1S/C19H23NO6/c1-20(2)8-4-3-5-9-26-19(25)13-10-12-6-7-14(21)17(23)16(12)18(24)15(22)11-13/h6-7,10-11,21,23H,3-5,8-9H2,1-2H3,(H,22,24). The van der Waals surface area contributed by atoms with Crippen LogP contribution >= 0.6 is 0 Å². The van der Waals surface area contributed by atoms with Crippen LogP contribution in [-0.4, -0.2) is 53.4 Å². The molecular weight excluding hydrogens is 338 g/mol. The highest BCUT2D eigenvalue weighted by molar-refractivity contribution is 5.99. The van der Waals surface area contributed by atoms with E-state index in [0.717, 1.165) is 25.5 Å². The maximum absolute atomic E-state index is 12.2. The average molecular weight is 361 g/mol. The first-order valence-corrected chi connectivity index (χ1v) is 8.35. The highest BCUT2D eigenvalue weighted by Crippen LogP contribution is 2.36. The van der Waals surface area contributed by atoms with E-state index in [1.165, 1.54) is 18.2 Å². The first kappa shape index (κ1) is 19.5. The Morgan fingerprint density at radius 2 is 1.77 bits per heavy atom. The molecule has 0 unspecified atom stereocenters. The number of fused-ring (bicyclic) bond motifs is 1. The minimum Gasteiger partial charge on any atom is -0.504 e. The number of unbranched alkanes of at least 4 members (excludes halogenated alkanes) is 2. The summed E-state index contributed by atoms with van der Waals surface area (Å²) in [5.41, 5.74) is -0.877. The maximum Gasteiger partial charge on any atom is 0.338 e. The fourth-order valence-electron chi connectivity index (χ4n) is 2.58. The van der Waals surface area contributed by atoms with Gasteiger partial charge in [-0.05, 0) is 57.4 Å². The van der Waals surface area contributed by atoms with Gasteiger partial charge in [0.25, 0.3) is 0 Å². The van der Waals surface area contributed by atoms with E-state index in [1.54, 1.807) is 0 Å². The third kappa shape index (κ3) is 4.64. The number of hydrogen-bond donors (Lipinski definition) is 3. The zero-order valence-corrected chi connectivity index (χ0v) is 14.9. The van der Waals surface area contributed by atoms with Crippen molar-refractivity contribution in [2.24, 2.45) is 0 Å². The second-order valence-corrected chi connectivity index (χ2v) is 6.35. The van der Waals surface area contributed by atoms with Gasteiger partial charge < -0.3 is 25.0 Å². The van der Waals surface area contributed by atoms with Crippen molar-refractivity contribution in [3.63, 3.8) is 0 Å². The molecule has 0 saturated heterocycles. The lowest BCUT2D eigenvalue weighted by atomic mass is 10.1. The van der Waals surface area contributed by atoms with Crippen molar-refractivity contribution >= 4 is 16.7 Å². The number of phenols is 2. The van der Waals surface area contributed by atoms with Crippen LogP contribution in [0.3, 0.4) is 0 Å². The van der Waals surface area contributed by atoms with Gasteiger partial charge in [0.2, 0.25) is 5.43 Å². The Morgan fingerprint density at radius 1 is 1.04 bits per heavy atom. The SMILES string of the molecule is CN(C)CCCCCOC(=O)c1cc(=O)c(O)c2c(O)c(O)ccc2c1. The monoisotopic (exact) mass is 361 g/mol. The highest BCUT2D eigenvalue weighted by atomic mass is 16.5. The van der Waals surface area contributed by atoms with Crippen molar-refractivity contribution in [1.82, 2.24) is 4.90 Å². The Bertz CT molecular complexity index is 863. The van der Waals surface area contributed by atoms with Gasteiger partial charge in [-0.15, -0.1) is 0 Å². The van der Waals surface area contributed by atoms with Crippen molar-refractivity contribution < 1.29 is 24.9 Å². The van der Waals surface area contributed by atoms with E-state index in [-0.39, 0.29) is 22.9 Å². The average Bonchev–Trinajstić information content (AvgIpc) is 2.71. The summed E-state index contributed by atoms with van der Waals surface area (Å²) in [5.74, 6) is -2.51. The third-order valence-corrected chi connectivity index (χ3v) is 3.98. The van der Waals surface area contributed by atoms with Gasteiger partial charge in [0.15, 0.2) is 17.2 Å². The van der Waals surface area contributed by atoms with E-state index in [4.69, 9.17) is 4.74 Å². The summed E-state index contributed by atoms with van der Waals surface area (Å²) in [6.07, 6.45) is 2.62. The van der Waals surface area contributed by atoms with E-state index in [0.29, 0.717) is 6.42 Å². The molecule has 0 aliphatic carbocycles. The number of benzene rings is 1. The van der Waals surface area contributed by atoms with Gasteiger partial charge >= 0.3 is 5.97 Å². The smallest absolute Gasteiger partial charge is 0.338 e. The number of esters is 1. The van der Waals surface area contributed by atoms with Crippen LogP contribution in [0.1, 0.15) is 29.6 Å². The Kier molecular flexibility index (Phi) is 6.41. The van der Waals surface area contributed by atoms with E-state index in [2.05, 4.69) is 4.90 Å². The molecule has 2 rings (SSSR count). The quantitative estimate of drug-likeness (QED) is 0.394. The Balaban J connectivity index is 2.17. The maximum atomic E-state index is 12.2. The molecule has 0 heterocycles. The van der Waals surface area contributed by atoms with Gasteiger partial charge in [-0.1, -0.05) is 6.07 Å². The summed E-state index contributed by atoms with van der Waals surface area (Å²) in [6.45, 7) is 1.19. The molecule has 2 aromatic carbocycles. The molecule has 2 aromatic rings. The van der Waals surface area contributed by atoms with Crippen LogP contribution in [0.15, 0.2) is 29.1 Å². The molecule has 0 fully saturated rings. The zero-order valence-electron chi connectivity index (χ0n) is 14.9. The number of nitrogens with zero attached hydrogens (tertiary/aromatic N) is 1. The molecule has 7 nitrogen and oxygen atoms in total. The fourth-order valence-corrected chi connectivity index (χ4v) is 2.58. The molecule has 0 bridgehead atoms. The lowest BCUT2D eigenvalue weighted by Crippen LogP contribution is -2.13. The topological polar surface area (TPSA) is 107 Å². The van der Waals surface area contributed by atoms with E-state index >= 15 is 0 Å². The minimum absolute atomic E-state index is 0.0290. The zero-order chi connectivity index (χ0) is 19.3. The summed E-state index contributed by atoms with van der Waals surface area (Å²) < 4.78 is 5.19. The van der Waals surface area contributed by atoms with Gasteiger partial charge in [0, 0.05) is 6.07 Å². The molecule has 0 amide bonds. The molecule has 140 valence electrons. The molecule has 7 heteroatoms. The minimum atomic E-state index is -0.848. The molecule has 0 aromatic heterocycles. The van der Waals surface area contributed by atoms with Gasteiger partial charge in [0.05, 0.1) is 17.6 Å². The third-order valence-electron chi connectivity index (χ3n) is 3.98. The predicted molar refractivity (Wildman–Crippen MR) is 97.9 cm³/mol. The first-order chi connectivity index (χ1) is 12.3. The number of carbonyl (C=O) groups excluding carboxylic acids is 1. The van der Waals surface area contributed by atoms with Crippen LogP contribution in [0.5, 0.6) is 17.2 Å². The number of aromatic hydroxyl groups is 3. The highest BCUT2D eigenvalue weighted by Gasteiger charge is 2.15. The van der Waals surface area contributed by atoms with Crippen LogP contribution in [0.2, 0.25) is 0 Å². The number of hydrogen-bond acceptors (Lipinski definition) is 7. The number of ether oxygens (including phenoxy) is 1. The van der Waals surface area contributed by atoms with E-state index in [9.17, 15) is 24.9 Å². The van der Waals surface area contributed by atoms with Gasteiger partial charge in [-0.25, -0.2) is 4.79 Å². The Hall–Kier alpha value is -2.80. The molecular formula is C19H23NO6. The van der Waals surface area contributed by atoms with E-state index in [1.807, 2.05) is 14.1 Å². The second kappa shape index (κ2) is 8.53. The van der Waals surface area contributed by atoms with Crippen molar-refractivity contribution in [2.75, 3.05) is 27.2 Å². The van der Waals surface area contributed by atoms with Gasteiger partial charge in [-0.2, -0.15) is 0 Å². The normalized spacial score (nSPS) is 11.0. The van der Waals surface area contributed by atoms with Crippen molar-refractivity contribution in [3.8, 4) is 17.2 Å². The number of carbonyl (C=O) groups is 1.